The third-order valence-corrected chi connectivity index (χ3v) is 5.08. The van der Waals surface area contributed by atoms with Crippen LogP contribution in [0.1, 0.15) is 16.8 Å². The first-order valence-electron chi connectivity index (χ1n) is 8.20. The van der Waals surface area contributed by atoms with E-state index in [0.29, 0.717) is 11.1 Å². The number of hydrogen-bond acceptors (Lipinski definition) is 3. The van der Waals surface area contributed by atoms with Gasteiger partial charge in [-0.15, -0.1) is 11.8 Å². The van der Waals surface area contributed by atoms with Crippen LogP contribution in [0.15, 0.2) is 47.3 Å². The summed E-state index contributed by atoms with van der Waals surface area (Å²) in [4.78, 5) is 27.7. The number of fused-ring (bicyclic) bond motifs is 1. The van der Waals surface area contributed by atoms with Crippen LogP contribution in [-0.2, 0) is 10.5 Å². The lowest BCUT2D eigenvalue weighted by Crippen LogP contribution is -2.15. The molecule has 3 rings (SSSR count). The number of halogens is 1. The predicted molar refractivity (Wildman–Crippen MR) is 105 cm³/mol. The molecule has 0 atom stereocenters. The molecule has 0 spiro atoms. The molecule has 0 fully saturated rings. The van der Waals surface area contributed by atoms with Crippen LogP contribution in [0.5, 0.6) is 0 Å². The normalized spacial score (nSPS) is 10.9. The van der Waals surface area contributed by atoms with E-state index in [4.69, 9.17) is 0 Å². The topological polar surface area (TPSA) is 62.0 Å². The van der Waals surface area contributed by atoms with Gasteiger partial charge in [0.1, 0.15) is 5.82 Å². The van der Waals surface area contributed by atoms with Crippen molar-refractivity contribution in [3.05, 3.63) is 75.3 Å². The van der Waals surface area contributed by atoms with Gasteiger partial charge in [-0.25, -0.2) is 4.39 Å². The maximum atomic E-state index is 13.5. The van der Waals surface area contributed by atoms with Gasteiger partial charge in [0.25, 0.3) is 0 Å². The van der Waals surface area contributed by atoms with Gasteiger partial charge in [0.05, 0.1) is 17.0 Å². The number of benzene rings is 2. The lowest BCUT2D eigenvalue weighted by molar-refractivity contribution is -0.113. The van der Waals surface area contributed by atoms with Crippen molar-refractivity contribution in [2.75, 3.05) is 11.1 Å². The van der Waals surface area contributed by atoms with Gasteiger partial charge in [0, 0.05) is 22.9 Å². The molecule has 0 saturated heterocycles. The Hall–Kier alpha value is -2.60. The van der Waals surface area contributed by atoms with Crippen LogP contribution in [0.3, 0.4) is 0 Å². The number of nitrogens with one attached hydrogen (secondary N) is 2. The zero-order valence-electron chi connectivity index (χ0n) is 14.6. The summed E-state index contributed by atoms with van der Waals surface area (Å²) in [6.45, 7) is 3.87. The van der Waals surface area contributed by atoms with Gasteiger partial charge in [-0.3, -0.25) is 9.59 Å². The quantitative estimate of drug-likeness (QED) is 0.709. The van der Waals surface area contributed by atoms with Crippen molar-refractivity contribution in [1.29, 1.82) is 0 Å². The smallest absolute Gasteiger partial charge is 0.234 e. The Bertz CT molecular complexity index is 1030. The molecule has 1 amide bonds. The number of amides is 1. The Morgan fingerprint density at radius 1 is 1.15 bits per heavy atom. The number of aromatic amines is 1. The van der Waals surface area contributed by atoms with Crippen LogP contribution in [-0.4, -0.2) is 16.6 Å². The summed E-state index contributed by atoms with van der Waals surface area (Å²) in [6.07, 6.45) is 0. The molecule has 26 heavy (non-hydrogen) atoms. The molecule has 0 bridgehead atoms. The fraction of sp³-hybridized carbons (Fsp3) is 0.200. The van der Waals surface area contributed by atoms with E-state index in [9.17, 15) is 14.0 Å². The Morgan fingerprint density at radius 3 is 2.65 bits per heavy atom. The molecule has 0 saturated carbocycles. The molecule has 6 heteroatoms. The summed E-state index contributed by atoms with van der Waals surface area (Å²) in [5.74, 6) is -0.0874. The first-order chi connectivity index (χ1) is 12.5. The van der Waals surface area contributed by atoms with Crippen molar-refractivity contribution >= 4 is 34.3 Å². The van der Waals surface area contributed by atoms with Crippen LogP contribution in [0.4, 0.5) is 10.1 Å². The standard InChI is InChI=1S/C20H19FN2O2S/c1-12-7-8-13(2)20-19(12)17(24)9-14(22-20)10-26-11-18(25)23-16-6-4-3-5-15(16)21/h3-9H,10-11H2,1-2H3,(H,22,24)(H,23,25). The molecular formula is C20H19FN2O2S. The molecule has 134 valence electrons. The number of aryl methyl sites for hydroxylation is 2. The second-order valence-corrected chi connectivity index (χ2v) is 7.11. The monoisotopic (exact) mass is 370 g/mol. The minimum Gasteiger partial charge on any atom is -0.357 e. The molecule has 0 aliphatic carbocycles. The number of aromatic nitrogens is 1. The second-order valence-electron chi connectivity index (χ2n) is 6.13. The third-order valence-electron chi connectivity index (χ3n) is 4.10. The molecule has 0 aliphatic heterocycles. The Labute approximate surface area is 154 Å². The van der Waals surface area contributed by atoms with Gasteiger partial charge in [-0.2, -0.15) is 0 Å². The van der Waals surface area contributed by atoms with Gasteiger partial charge in [0.2, 0.25) is 5.91 Å². The number of thioether (sulfide) groups is 1. The zero-order chi connectivity index (χ0) is 18.7. The number of para-hydroxylation sites is 1. The van der Waals surface area contributed by atoms with E-state index in [0.717, 1.165) is 22.3 Å². The minimum atomic E-state index is -0.462. The predicted octanol–water partition coefficient (Wildman–Crippen LogP) is 4.16. The molecule has 0 aliphatic rings. The highest BCUT2D eigenvalue weighted by Crippen LogP contribution is 2.19. The van der Waals surface area contributed by atoms with Gasteiger partial charge in [-0.05, 0) is 37.1 Å². The lowest BCUT2D eigenvalue weighted by Gasteiger charge is -2.09. The molecule has 1 aromatic heterocycles. The Morgan fingerprint density at radius 2 is 1.88 bits per heavy atom. The van der Waals surface area contributed by atoms with E-state index in [1.165, 1.54) is 23.9 Å². The SMILES string of the molecule is Cc1ccc(C)c2c(=O)cc(CSCC(=O)Nc3ccccc3F)[nH]c12. The van der Waals surface area contributed by atoms with Crippen LogP contribution in [0.2, 0.25) is 0 Å². The summed E-state index contributed by atoms with van der Waals surface area (Å²) in [5, 5.41) is 3.25. The van der Waals surface area contributed by atoms with Crippen molar-refractivity contribution in [3.8, 4) is 0 Å². The number of rotatable bonds is 5. The van der Waals surface area contributed by atoms with Crippen molar-refractivity contribution in [2.45, 2.75) is 19.6 Å². The fourth-order valence-corrected chi connectivity index (χ4v) is 3.53. The van der Waals surface area contributed by atoms with Crippen LogP contribution >= 0.6 is 11.8 Å². The molecular weight excluding hydrogens is 351 g/mol. The third kappa shape index (κ3) is 3.96. The van der Waals surface area contributed by atoms with Gasteiger partial charge < -0.3 is 10.3 Å². The molecule has 1 heterocycles. The van der Waals surface area contributed by atoms with Gasteiger partial charge >= 0.3 is 0 Å². The molecule has 0 radical (unpaired) electrons. The van der Waals surface area contributed by atoms with Crippen molar-refractivity contribution in [3.63, 3.8) is 0 Å². The number of anilines is 1. The lowest BCUT2D eigenvalue weighted by atomic mass is 10.0. The van der Waals surface area contributed by atoms with Crippen LogP contribution in [0, 0.1) is 19.7 Å². The van der Waals surface area contributed by atoms with E-state index in [-0.39, 0.29) is 22.8 Å². The number of pyridine rings is 1. The second kappa shape index (κ2) is 7.74. The number of H-pyrrole nitrogens is 1. The Kier molecular flexibility index (Phi) is 5.42. The number of hydrogen-bond donors (Lipinski definition) is 2. The molecule has 2 aromatic carbocycles. The van der Waals surface area contributed by atoms with E-state index < -0.39 is 5.82 Å². The summed E-state index contributed by atoms with van der Waals surface area (Å²) in [5.41, 5.74) is 3.70. The van der Waals surface area contributed by atoms with Crippen LogP contribution < -0.4 is 10.7 Å². The average Bonchev–Trinajstić information content (AvgIpc) is 2.60. The van der Waals surface area contributed by atoms with Crippen molar-refractivity contribution < 1.29 is 9.18 Å². The Balaban J connectivity index is 1.67. The summed E-state index contributed by atoms with van der Waals surface area (Å²) in [6, 6.07) is 11.5. The fourth-order valence-electron chi connectivity index (χ4n) is 2.80. The summed E-state index contributed by atoms with van der Waals surface area (Å²) >= 11 is 1.36. The minimum absolute atomic E-state index is 0.0219. The van der Waals surface area contributed by atoms with Crippen LogP contribution in [0.25, 0.3) is 10.9 Å². The van der Waals surface area contributed by atoms with Gasteiger partial charge in [0.15, 0.2) is 5.43 Å². The first kappa shape index (κ1) is 18.2. The van der Waals surface area contributed by atoms with E-state index >= 15 is 0 Å². The highest BCUT2D eigenvalue weighted by molar-refractivity contribution is 7.99. The molecule has 3 aromatic rings. The largest absolute Gasteiger partial charge is 0.357 e. The van der Waals surface area contributed by atoms with Crippen molar-refractivity contribution in [2.24, 2.45) is 0 Å². The summed E-state index contributed by atoms with van der Waals surface area (Å²) < 4.78 is 13.5. The number of carbonyl (C=O) groups excluding carboxylic acids is 1. The first-order valence-corrected chi connectivity index (χ1v) is 9.35. The maximum Gasteiger partial charge on any atom is 0.234 e. The number of carbonyl (C=O) groups is 1. The van der Waals surface area contributed by atoms with Crippen molar-refractivity contribution in [1.82, 2.24) is 4.98 Å². The molecule has 0 unspecified atom stereocenters. The zero-order valence-corrected chi connectivity index (χ0v) is 15.4. The van der Waals surface area contributed by atoms with Gasteiger partial charge in [-0.1, -0.05) is 24.3 Å². The van der Waals surface area contributed by atoms with E-state index in [1.807, 2.05) is 26.0 Å². The molecule has 2 N–H and O–H groups in total. The van der Waals surface area contributed by atoms with E-state index in [1.54, 1.807) is 18.2 Å². The molecule has 4 nitrogen and oxygen atoms in total. The maximum absolute atomic E-state index is 13.5. The van der Waals surface area contributed by atoms with E-state index in [2.05, 4.69) is 10.3 Å². The average molecular weight is 370 g/mol. The highest BCUT2D eigenvalue weighted by atomic mass is 32.2. The highest BCUT2D eigenvalue weighted by Gasteiger charge is 2.09. The summed E-state index contributed by atoms with van der Waals surface area (Å²) in [7, 11) is 0.